The standard InChI is InChI=1S/C9H17NO3.2C2H6/c1-7-5-10(8(2)12)6-9(13-7)3-4-11;2*1-2/h7,9,11H,3-6H2,1-2H3;2*1-2H3. The normalized spacial score (nSPS) is 22.9. The number of nitrogens with zero attached hydrogens (tertiary/aromatic N) is 1. The molecule has 0 aromatic carbocycles. The molecule has 0 spiro atoms. The van der Waals surface area contributed by atoms with Gasteiger partial charge in [-0.1, -0.05) is 27.7 Å². The Labute approximate surface area is 106 Å². The molecule has 0 saturated carbocycles. The second-order valence-electron chi connectivity index (χ2n) is 3.50. The van der Waals surface area contributed by atoms with Crippen LogP contribution in [0.1, 0.15) is 48.0 Å². The minimum absolute atomic E-state index is 0.00218. The van der Waals surface area contributed by atoms with Gasteiger partial charge in [0.2, 0.25) is 5.91 Å². The van der Waals surface area contributed by atoms with Crippen LogP contribution in [0.5, 0.6) is 0 Å². The lowest BCUT2D eigenvalue weighted by molar-refractivity contribution is -0.143. The van der Waals surface area contributed by atoms with Crippen molar-refractivity contribution < 1.29 is 14.6 Å². The van der Waals surface area contributed by atoms with E-state index >= 15 is 0 Å². The fraction of sp³-hybridized carbons (Fsp3) is 0.923. The quantitative estimate of drug-likeness (QED) is 0.812. The number of carbonyl (C=O) groups excluding carboxylic acids is 1. The summed E-state index contributed by atoms with van der Waals surface area (Å²) in [4.78, 5) is 12.9. The van der Waals surface area contributed by atoms with Crippen molar-refractivity contribution in [3.63, 3.8) is 0 Å². The monoisotopic (exact) mass is 247 g/mol. The van der Waals surface area contributed by atoms with Crippen LogP contribution in [0.15, 0.2) is 0 Å². The van der Waals surface area contributed by atoms with Crippen LogP contribution >= 0.6 is 0 Å². The molecule has 1 saturated heterocycles. The van der Waals surface area contributed by atoms with E-state index in [9.17, 15) is 4.79 Å². The van der Waals surface area contributed by atoms with Crippen LogP contribution in [-0.4, -0.2) is 47.8 Å². The van der Waals surface area contributed by atoms with Crippen LogP contribution in [0.4, 0.5) is 0 Å². The van der Waals surface area contributed by atoms with E-state index in [0.717, 1.165) is 0 Å². The molecule has 0 aromatic rings. The van der Waals surface area contributed by atoms with Gasteiger partial charge in [0.15, 0.2) is 0 Å². The third-order valence-corrected chi connectivity index (χ3v) is 2.22. The fourth-order valence-electron chi connectivity index (χ4n) is 1.61. The zero-order valence-corrected chi connectivity index (χ0v) is 12.2. The van der Waals surface area contributed by atoms with Crippen LogP contribution < -0.4 is 0 Å². The molecule has 2 unspecified atom stereocenters. The second-order valence-corrected chi connectivity index (χ2v) is 3.50. The molecule has 4 heteroatoms. The van der Waals surface area contributed by atoms with E-state index in [0.29, 0.717) is 19.5 Å². The highest BCUT2D eigenvalue weighted by Crippen LogP contribution is 2.13. The molecule has 1 aliphatic rings. The summed E-state index contributed by atoms with van der Waals surface area (Å²) in [5.74, 6) is 0.0816. The highest BCUT2D eigenvalue weighted by molar-refractivity contribution is 5.73. The topological polar surface area (TPSA) is 49.8 Å². The Balaban J connectivity index is 0. The molecule has 0 bridgehead atoms. The Morgan fingerprint density at radius 2 is 1.82 bits per heavy atom. The van der Waals surface area contributed by atoms with Gasteiger partial charge < -0.3 is 14.7 Å². The molecular weight excluding hydrogens is 218 g/mol. The van der Waals surface area contributed by atoms with Crippen molar-refractivity contribution in [2.24, 2.45) is 0 Å². The van der Waals surface area contributed by atoms with Crippen LogP contribution in [0, 0.1) is 0 Å². The lowest BCUT2D eigenvalue weighted by atomic mass is 10.2. The minimum atomic E-state index is -0.00218. The van der Waals surface area contributed by atoms with Crippen molar-refractivity contribution >= 4 is 5.91 Å². The molecule has 0 aromatic heterocycles. The van der Waals surface area contributed by atoms with Gasteiger partial charge in [-0.2, -0.15) is 0 Å². The number of aliphatic hydroxyl groups excluding tert-OH is 1. The number of morpholine rings is 1. The zero-order valence-electron chi connectivity index (χ0n) is 12.2. The van der Waals surface area contributed by atoms with Crippen LogP contribution in [0.2, 0.25) is 0 Å². The number of carbonyl (C=O) groups is 1. The predicted octanol–water partition coefficient (Wildman–Crippen LogP) is 2.06. The summed E-state index contributed by atoms with van der Waals surface area (Å²) in [7, 11) is 0. The number of hydrogen-bond donors (Lipinski definition) is 1. The molecule has 1 N–H and O–H groups in total. The summed E-state index contributed by atoms with van der Waals surface area (Å²) in [5.41, 5.74) is 0. The summed E-state index contributed by atoms with van der Waals surface area (Å²) in [6.45, 7) is 12.9. The summed E-state index contributed by atoms with van der Waals surface area (Å²) in [6, 6.07) is 0. The molecule has 104 valence electrons. The maximum absolute atomic E-state index is 11.1. The Kier molecular flexibility index (Phi) is 13.1. The van der Waals surface area contributed by atoms with E-state index in [4.69, 9.17) is 9.84 Å². The molecule has 17 heavy (non-hydrogen) atoms. The maximum Gasteiger partial charge on any atom is 0.219 e. The molecule has 4 nitrogen and oxygen atoms in total. The van der Waals surface area contributed by atoms with E-state index in [1.54, 1.807) is 11.8 Å². The van der Waals surface area contributed by atoms with Crippen molar-refractivity contribution in [3.8, 4) is 0 Å². The SMILES string of the molecule is CC.CC.CC(=O)N1CC(C)OC(CCO)C1. The van der Waals surface area contributed by atoms with Gasteiger partial charge in [-0.3, -0.25) is 4.79 Å². The van der Waals surface area contributed by atoms with Crippen LogP contribution in [0.25, 0.3) is 0 Å². The van der Waals surface area contributed by atoms with E-state index in [1.807, 2.05) is 34.6 Å². The van der Waals surface area contributed by atoms with E-state index < -0.39 is 0 Å². The Bertz CT molecular complexity index is 186. The Morgan fingerprint density at radius 3 is 2.24 bits per heavy atom. The van der Waals surface area contributed by atoms with Crippen molar-refractivity contribution in [1.29, 1.82) is 0 Å². The molecule has 0 radical (unpaired) electrons. The largest absolute Gasteiger partial charge is 0.396 e. The first-order chi connectivity index (χ1) is 8.13. The van der Waals surface area contributed by atoms with Crippen molar-refractivity contribution in [1.82, 2.24) is 4.90 Å². The molecule has 1 amide bonds. The number of rotatable bonds is 2. The van der Waals surface area contributed by atoms with Gasteiger partial charge in [-0.15, -0.1) is 0 Å². The van der Waals surface area contributed by atoms with Gasteiger partial charge in [0, 0.05) is 26.6 Å². The van der Waals surface area contributed by atoms with Gasteiger partial charge >= 0.3 is 0 Å². The smallest absolute Gasteiger partial charge is 0.219 e. The number of hydrogen-bond acceptors (Lipinski definition) is 3. The molecule has 1 heterocycles. The third kappa shape index (κ3) is 8.16. The van der Waals surface area contributed by atoms with Crippen LogP contribution in [0.3, 0.4) is 0 Å². The minimum Gasteiger partial charge on any atom is -0.396 e. The summed E-state index contributed by atoms with van der Waals surface area (Å²) < 4.78 is 5.55. The van der Waals surface area contributed by atoms with Gasteiger partial charge in [-0.25, -0.2) is 0 Å². The van der Waals surface area contributed by atoms with Gasteiger partial charge in [0.1, 0.15) is 0 Å². The Morgan fingerprint density at radius 1 is 1.29 bits per heavy atom. The Hall–Kier alpha value is -0.610. The van der Waals surface area contributed by atoms with Gasteiger partial charge in [0.05, 0.1) is 12.2 Å². The van der Waals surface area contributed by atoms with Crippen LogP contribution in [-0.2, 0) is 9.53 Å². The predicted molar refractivity (Wildman–Crippen MR) is 71.0 cm³/mol. The highest BCUT2D eigenvalue weighted by atomic mass is 16.5. The molecule has 1 rings (SSSR count). The van der Waals surface area contributed by atoms with Crippen molar-refractivity contribution in [3.05, 3.63) is 0 Å². The zero-order chi connectivity index (χ0) is 13.8. The average molecular weight is 247 g/mol. The summed E-state index contributed by atoms with van der Waals surface area (Å²) in [5, 5.41) is 8.75. The van der Waals surface area contributed by atoms with Gasteiger partial charge in [0.25, 0.3) is 0 Å². The van der Waals surface area contributed by atoms with E-state index in [-0.39, 0.29) is 24.7 Å². The molecule has 2 atom stereocenters. The first-order valence-corrected chi connectivity index (χ1v) is 6.65. The lowest BCUT2D eigenvalue weighted by Crippen LogP contribution is -2.48. The van der Waals surface area contributed by atoms with Gasteiger partial charge in [-0.05, 0) is 13.3 Å². The average Bonchev–Trinajstić information content (AvgIpc) is 2.34. The maximum atomic E-state index is 11.1. The molecule has 1 fully saturated rings. The number of aliphatic hydroxyl groups is 1. The fourth-order valence-corrected chi connectivity index (χ4v) is 1.61. The molecular formula is C13H29NO3. The third-order valence-electron chi connectivity index (χ3n) is 2.22. The first kappa shape index (κ1) is 18.7. The first-order valence-electron chi connectivity index (χ1n) is 6.65. The molecule has 0 aliphatic carbocycles. The number of amides is 1. The molecule has 1 aliphatic heterocycles. The van der Waals surface area contributed by atoms with Crippen molar-refractivity contribution in [2.45, 2.75) is 60.2 Å². The lowest BCUT2D eigenvalue weighted by Gasteiger charge is -2.36. The van der Waals surface area contributed by atoms with E-state index in [2.05, 4.69) is 0 Å². The summed E-state index contributed by atoms with van der Waals surface area (Å²) >= 11 is 0. The second kappa shape index (κ2) is 11.9. The van der Waals surface area contributed by atoms with Crippen molar-refractivity contribution in [2.75, 3.05) is 19.7 Å². The van der Waals surface area contributed by atoms with E-state index in [1.165, 1.54) is 0 Å². The number of ether oxygens (including phenoxy) is 1. The highest BCUT2D eigenvalue weighted by Gasteiger charge is 2.25. The summed E-state index contributed by atoms with van der Waals surface area (Å²) in [6.07, 6.45) is 0.681.